The maximum Gasteiger partial charge on any atom is 0.266 e. The van der Waals surface area contributed by atoms with Crippen LogP contribution in [0, 0.1) is 0 Å². The minimum Gasteiger partial charge on any atom is -0.478 e. The molecule has 0 spiro atoms. The van der Waals surface area contributed by atoms with Gasteiger partial charge in [-0.25, -0.2) is 9.67 Å². The number of nitrogens with zero attached hydrogens (tertiary/aromatic N) is 7. The predicted octanol–water partition coefficient (Wildman–Crippen LogP) is 2.22. The zero-order valence-corrected chi connectivity index (χ0v) is 17.5. The molecule has 1 aliphatic heterocycles. The van der Waals surface area contributed by atoms with Gasteiger partial charge in [0.2, 0.25) is 0 Å². The number of hydrogen-bond donors (Lipinski definition) is 0. The van der Waals surface area contributed by atoms with Crippen LogP contribution in [0.4, 0.5) is 5.82 Å². The number of hydrogen-bond acceptors (Lipinski definition) is 7. The summed E-state index contributed by atoms with van der Waals surface area (Å²) in [4.78, 5) is 20.9. The number of carbonyl (C=O) groups excluding carboxylic acids is 1. The molecule has 1 aliphatic rings. The highest BCUT2D eigenvalue weighted by Gasteiger charge is 2.36. The molecule has 0 aliphatic carbocycles. The summed E-state index contributed by atoms with van der Waals surface area (Å²) in [6.45, 7) is 6.06. The second-order valence-corrected chi connectivity index (χ2v) is 7.87. The lowest BCUT2D eigenvalue weighted by Gasteiger charge is -2.38. The van der Waals surface area contributed by atoms with E-state index in [0.29, 0.717) is 42.8 Å². The van der Waals surface area contributed by atoms with Gasteiger partial charge in [0.15, 0.2) is 17.2 Å². The fourth-order valence-electron chi connectivity index (χ4n) is 3.30. The van der Waals surface area contributed by atoms with Gasteiger partial charge in [-0.3, -0.25) is 4.79 Å². The third-order valence-corrected chi connectivity index (χ3v) is 5.13. The van der Waals surface area contributed by atoms with Crippen LogP contribution >= 0.6 is 11.6 Å². The van der Waals surface area contributed by atoms with Crippen molar-refractivity contribution in [1.29, 1.82) is 0 Å². The lowest BCUT2D eigenvalue weighted by molar-refractivity contribution is -0.145. The molecule has 0 saturated carbocycles. The Morgan fingerprint density at radius 2 is 1.67 bits per heavy atom. The van der Waals surface area contributed by atoms with Crippen LogP contribution in [0.5, 0.6) is 5.75 Å². The van der Waals surface area contributed by atoms with Gasteiger partial charge in [0, 0.05) is 31.2 Å². The van der Waals surface area contributed by atoms with E-state index in [1.807, 2.05) is 17.0 Å². The molecule has 3 heterocycles. The summed E-state index contributed by atoms with van der Waals surface area (Å²) in [5, 5.41) is 13.2. The summed E-state index contributed by atoms with van der Waals surface area (Å²) in [5.41, 5.74) is -0.977. The second-order valence-electron chi connectivity index (χ2n) is 7.44. The Labute approximate surface area is 179 Å². The van der Waals surface area contributed by atoms with E-state index in [-0.39, 0.29) is 5.91 Å². The van der Waals surface area contributed by atoms with E-state index in [9.17, 15) is 4.79 Å². The summed E-state index contributed by atoms with van der Waals surface area (Å²) >= 11 is 5.91. The van der Waals surface area contributed by atoms with E-state index in [4.69, 9.17) is 16.3 Å². The molecule has 4 rings (SSSR count). The van der Waals surface area contributed by atoms with Crippen molar-refractivity contribution < 1.29 is 9.53 Å². The van der Waals surface area contributed by atoms with Crippen LogP contribution in [0.25, 0.3) is 5.82 Å². The molecule has 2 aromatic heterocycles. The zero-order valence-electron chi connectivity index (χ0n) is 16.8. The minimum absolute atomic E-state index is 0.0512. The van der Waals surface area contributed by atoms with Crippen molar-refractivity contribution in [3.63, 3.8) is 0 Å². The number of ether oxygens (including phenoxy) is 1. The number of benzene rings is 1. The Balaban J connectivity index is 1.35. The summed E-state index contributed by atoms with van der Waals surface area (Å²) < 4.78 is 7.48. The number of amides is 1. The van der Waals surface area contributed by atoms with E-state index in [0.717, 1.165) is 5.82 Å². The number of rotatable bonds is 5. The van der Waals surface area contributed by atoms with Gasteiger partial charge < -0.3 is 14.5 Å². The molecule has 1 aromatic carbocycles. The van der Waals surface area contributed by atoms with E-state index < -0.39 is 5.60 Å². The van der Waals surface area contributed by atoms with Crippen LogP contribution in [-0.4, -0.2) is 67.5 Å². The molecule has 1 fully saturated rings. The summed E-state index contributed by atoms with van der Waals surface area (Å²) in [7, 11) is 0. The Morgan fingerprint density at radius 1 is 1.00 bits per heavy atom. The van der Waals surface area contributed by atoms with Gasteiger partial charge in [0.1, 0.15) is 18.4 Å². The van der Waals surface area contributed by atoms with Crippen molar-refractivity contribution in [1.82, 2.24) is 29.9 Å². The topological polar surface area (TPSA) is 89.3 Å². The van der Waals surface area contributed by atoms with Crippen LogP contribution in [0.15, 0.2) is 49.1 Å². The smallest absolute Gasteiger partial charge is 0.266 e. The molecular weight excluding hydrogens is 406 g/mol. The number of aromatic nitrogens is 5. The molecular formula is C20H22ClN7O2. The Kier molecular flexibility index (Phi) is 5.54. The number of halogens is 1. The Morgan fingerprint density at radius 3 is 2.27 bits per heavy atom. The van der Waals surface area contributed by atoms with Crippen molar-refractivity contribution in [2.24, 2.45) is 0 Å². The first-order chi connectivity index (χ1) is 14.4. The van der Waals surface area contributed by atoms with Gasteiger partial charge in [-0.05, 0) is 50.2 Å². The van der Waals surface area contributed by atoms with Gasteiger partial charge in [0.25, 0.3) is 5.91 Å². The number of anilines is 1. The van der Waals surface area contributed by atoms with Gasteiger partial charge >= 0.3 is 0 Å². The second kappa shape index (κ2) is 8.27. The summed E-state index contributed by atoms with van der Waals surface area (Å²) in [6.07, 6.45) is 3.02. The van der Waals surface area contributed by atoms with Crippen LogP contribution < -0.4 is 9.64 Å². The van der Waals surface area contributed by atoms with Crippen molar-refractivity contribution in [2.75, 3.05) is 31.1 Å². The minimum atomic E-state index is -0.977. The normalized spacial score (nSPS) is 14.6. The zero-order chi connectivity index (χ0) is 21.1. The quantitative estimate of drug-likeness (QED) is 0.616. The average Bonchev–Trinajstić information content (AvgIpc) is 3.30. The summed E-state index contributed by atoms with van der Waals surface area (Å²) in [5.74, 6) is 1.93. The van der Waals surface area contributed by atoms with Crippen LogP contribution in [0.2, 0.25) is 5.02 Å². The van der Waals surface area contributed by atoms with E-state index in [1.165, 1.54) is 6.33 Å². The highest BCUT2D eigenvalue weighted by molar-refractivity contribution is 6.30. The maximum absolute atomic E-state index is 13.0. The molecule has 156 valence electrons. The van der Waals surface area contributed by atoms with E-state index in [1.54, 1.807) is 49.1 Å². The molecule has 30 heavy (non-hydrogen) atoms. The van der Waals surface area contributed by atoms with Crippen molar-refractivity contribution >= 4 is 23.3 Å². The monoisotopic (exact) mass is 427 g/mol. The fourth-order valence-corrected chi connectivity index (χ4v) is 3.42. The average molecular weight is 428 g/mol. The molecule has 0 radical (unpaired) electrons. The predicted molar refractivity (Wildman–Crippen MR) is 112 cm³/mol. The van der Waals surface area contributed by atoms with Crippen LogP contribution in [0.3, 0.4) is 0 Å². The molecule has 3 aromatic rings. The molecule has 0 unspecified atom stereocenters. The van der Waals surface area contributed by atoms with E-state index in [2.05, 4.69) is 25.2 Å². The third-order valence-electron chi connectivity index (χ3n) is 4.88. The Hall–Kier alpha value is -3.20. The van der Waals surface area contributed by atoms with Crippen molar-refractivity contribution in [3.05, 3.63) is 54.1 Å². The molecule has 0 atom stereocenters. The third kappa shape index (κ3) is 4.35. The molecule has 0 N–H and O–H groups in total. The van der Waals surface area contributed by atoms with E-state index >= 15 is 0 Å². The summed E-state index contributed by atoms with van der Waals surface area (Å²) in [6, 6.07) is 10.7. The molecule has 9 nitrogen and oxygen atoms in total. The highest BCUT2D eigenvalue weighted by atomic mass is 35.5. The standard InChI is InChI=1S/C20H22ClN7O2/c1-20(2,30-16-5-3-15(21)4-6-16)19(29)27-11-9-26(10-12-27)17-7-8-18(25-24-17)28-14-22-13-23-28/h3-8,13-14H,9-12H2,1-2H3. The van der Waals surface area contributed by atoms with Crippen molar-refractivity contribution in [2.45, 2.75) is 19.4 Å². The number of piperazine rings is 1. The van der Waals surface area contributed by atoms with Gasteiger partial charge in [-0.2, -0.15) is 5.10 Å². The van der Waals surface area contributed by atoms with Crippen molar-refractivity contribution in [3.8, 4) is 11.6 Å². The van der Waals surface area contributed by atoms with Gasteiger partial charge in [0.05, 0.1) is 0 Å². The molecule has 10 heteroatoms. The lowest BCUT2D eigenvalue weighted by atomic mass is 10.1. The first kappa shape index (κ1) is 20.1. The maximum atomic E-state index is 13.0. The molecule has 1 saturated heterocycles. The highest BCUT2D eigenvalue weighted by Crippen LogP contribution is 2.23. The SMILES string of the molecule is CC(C)(Oc1ccc(Cl)cc1)C(=O)N1CCN(c2ccc(-n3cncn3)nn2)CC1. The van der Waals surface area contributed by atoms with Gasteiger partial charge in [-0.15, -0.1) is 10.2 Å². The largest absolute Gasteiger partial charge is 0.478 e. The van der Waals surface area contributed by atoms with Crippen LogP contribution in [0.1, 0.15) is 13.8 Å². The molecule has 0 bridgehead atoms. The van der Waals surface area contributed by atoms with Crippen LogP contribution in [-0.2, 0) is 4.79 Å². The van der Waals surface area contributed by atoms with Gasteiger partial charge in [-0.1, -0.05) is 11.6 Å². The first-order valence-corrected chi connectivity index (χ1v) is 9.98. The Bertz CT molecular complexity index is 983. The lowest BCUT2D eigenvalue weighted by Crippen LogP contribution is -2.56. The fraction of sp³-hybridized carbons (Fsp3) is 0.350. The first-order valence-electron chi connectivity index (χ1n) is 9.60. The molecule has 1 amide bonds. The number of carbonyl (C=O) groups is 1.